The molecule has 0 amide bonds. The summed E-state index contributed by atoms with van der Waals surface area (Å²) in [5.74, 6) is 0. The molecule has 0 bridgehead atoms. The molecule has 0 unspecified atom stereocenters. The Morgan fingerprint density at radius 1 is 1.07 bits per heavy atom. The molecule has 14 heavy (non-hydrogen) atoms. The molecule has 0 heterocycles. The van der Waals surface area contributed by atoms with Crippen LogP contribution in [0.15, 0.2) is 0 Å². The molecule has 0 saturated heterocycles. The quantitative estimate of drug-likeness (QED) is 0.539. The number of nitrogens with two attached hydrogens (primary N) is 1. The van der Waals surface area contributed by atoms with Gasteiger partial charge in [-0.25, -0.2) is 0 Å². The Hall–Kier alpha value is -0.160. The zero-order valence-corrected chi connectivity index (χ0v) is 9.29. The SMILES string of the molecule is CCOCCC(N)(CO)CCOCC. The van der Waals surface area contributed by atoms with E-state index in [1.807, 2.05) is 13.8 Å². The van der Waals surface area contributed by atoms with Gasteiger partial charge in [-0.2, -0.15) is 0 Å². The van der Waals surface area contributed by atoms with Gasteiger partial charge in [0.2, 0.25) is 0 Å². The van der Waals surface area contributed by atoms with Crippen LogP contribution >= 0.6 is 0 Å². The molecule has 4 heteroatoms. The van der Waals surface area contributed by atoms with E-state index in [9.17, 15) is 0 Å². The minimum Gasteiger partial charge on any atom is -0.394 e. The van der Waals surface area contributed by atoms with E-state index in [2.05, 4.69) is 0 Å². The van der Waals surface area contributed by atoms with Gasteiger partial charge in [-0.15, -0.1) is 0 Å². The van der Waals surface area contributed by atoms with E-state index in [1.54, 1.807) is 0 Å². The first-order chi connectivity index (χ1) is 6.68. The largest absolute Gasteiger partial charge is 0.394 e. The van der Waals surface area contributed by atoms with Crippen molar-refractivity contribution in [3.8, 4) is 0 Å². The second kappa shape index (κ2) is 8.17. The maximum Gasteiger partial charge on any atom is 0.0612 e. The molecule has 86 valence electrons. The highest BCUT2D eigenvalue weighted by molar-refractivity contribution is 4.82. The molecule has 0 aliphatic carbocycles. The fourth-order valence-corrected chi connectivity index (χ4v) is 1.12. The van der Waals surface area contributed by atoms with Gasteiger partial charge in [-0.1, -0.05) is 0 Å². The van der Waals surface area contributed by atoms with E-state index in [1.165, 1.54) is 0 Å². The van der Waals surface area contributed by atoms with Crippen LogP contribution in [0, 0.1) is 0 Å². The summed E-state index contributed by atoms with van der Waals surface area (Å²) in [4.78, 5) is 0. The van der Waals surface area contributed by atoms with Crippen LogP contribution in [0.1, 0.15) is 26.7 Å². The molecule has 0 aromatic heterocycles. The summed E-state index contributed by atoms with van der Waals surface area (Å²) in [6.45, 7) is 6.43. The van der Waals surface area contributed by atoms with E-state index in [0.717, 1.165) is 0 Å². The molecule has 0 aliphatic heterocycles. The van der Waals surface area contributed by atoms with Crippen LogP contribution in [-0.2, 0) is 9.47 Å². The van der Waals surface area contributed by atoms with Gasteiger partial charge in [0, 0.05) is 32.0 Å². The number of hydrogen-bond donors (Lipinski definition) is 2. The van der Waals surface area contributed by atoms with Gasteiger partial charge in [0.1, 0.15) is 0 Å². The van der Waals surface area contributed by atoms with Crippen molar-refractivity contribution >= 4 is 0 Å². The topological polar surface area (TPSA) is 64.7 Å². The van der Waals surface area contributed by atoms with E-state index < -0.39 is 5.54 Å². The van der Waals surface area contributed by atoms with Gasteiger partial charge < -0.3 is 20.3 Å². The molecule has 0 fully saturated rings. The summed E-state index contributed by atoms with van der Waals surface area (Å²) in [5.41, 5.74) is 5.42. The average Bonchev–Trinajstić information content (AvgIpc) is 2.19. The molecule has 0 rings (SSSR count). The predicted octanol–water partition coefficient (Wildman–Crippen LogP) is 0.529. The average molecular weight is 205 g/mol. The minimum atomic E-state index is -0.551. The van der Waals surface area contributed by atoms with Crippen LogP contribution in [0.2, 0.25) is 0 Å². The van der Waals surface area contributed by atoms with E-state index in [-0.39, 0.29) is 6.61 Å². The maximum absolute atomic E-state index is 9.15. The van der Waals surface area contributed by atoms with Crippen LogP contribution in [0.25, 0.3) is 0 Å². The molecule has 0 atom stereocenters. The third kappa shape index (κ3) is 6.32. The first-order valence-electron chi connectivity index (χ1n) is 5.23. The summed E-state index contributed by atoms with van der Waals surface area (Å²) in [6.07, 6.45) is 1.34. The Labute approximate surface area is 86.4 Å². The van der Waals surface area contributed by atoms with Crippen molar-refractivity contribution in [2.75, 3.05) is 33.0 Å². The van der Waals surface area contributed by atoms with Crippen molar-refractivity contribution in [3.05, 3.63) is 0 Å². The second-order valence-corrected chi connectivity index (χ2v) is 3.41. The van der Waals surface area contributed by atoms with E-state index in [0.29, 0.717) is 39.3 Å². The van der Waals surface area contributed by atoms with Crippen LogP contribution in [0.5, 0.6) is 0 Å². The van der Waals surface area contributed by atoms with Crippen molar-refractivity contribution in [2.45, 2.75) is 32.2 Å². The summed E-state index contributed by atoms with van der Waals surface area (Å²) in [5, 5.41) is 9.15. The molecular formula is C10H23NO3. The van der Waals surface area contributed by atoms with Crippen molar-refractivity contribution in [1.29, 1.82) is 0 Å². The maximum atomic E-state index is 9.15. The van der Waals surface area contributed by atoms with Crippen molar-refractivity contribution < 1.29 is 14.6 Å². The van der Waals surface area contributed by atoms with Crippen LogP contribution in [-0.4, -0.2) is 43.7 Å². The summed E-state index contributed by atoms with van der Waals surface area (Å²) >= 11 is 0. The van der Waals surface area contributed by atoms with Gasteiger partial charge in [-0.05, 0) is 26.7 Å². The minimum absolute atomic E-state index is 0.0207. The Morgan fingerprint density at radius 3 is 1.79 bits per heavy atom. The standard InChI is InChI=1S/C10H23NO3/c1-3-13-7-5-10(11,9-12)6-8-14-4-2/h12H,3-9,11H2,1-2H3. The monoisotopic (exact) mass is 205 g/mol. The van der Waals surface area contributed by atoms with Crippen LogP contribution < -0.4 is 5.73 Å². The molecule has 0 spiro atoms. The molecule has 0 aromatic rings. The second-order valence-electron chi connectivity index (χ2n) is 3.41. The van der Waals surface area contributed by atoms with Crippen molar-refractivity contribution in [3.63, 3.8) is 0 Å². The summed E-state index contributed by atoms with van der Waals surface area (Å²) in [7, 11) is 0. The van der Waals surface area contributed by atoms with Gasteiger partial charge in [0.05, 0.1) is 6.61 Å². The lowest BCUT2D eigenvalue weighted by Gasteiger charge is -2.26. The predicted molar refractivity (Wildman–Crippen MR) is 56.2 cm³/mol. The lowest BCUT2D eigenvalue weighted by atomic mass is 9.94. The highest BCUT2D eigenvalue weighted by Gasteiger charge is 2.23. The third-order valence-electron chi connectivity index (χ3n) is 2.21. The fraction of sp³-hybridized carbons (Fsp3) is 1.00. The number of ether oxygens (including phenoxy) is 2. The van der Waals surface area contributed by atoms with Gasteiger partial charge in [-0.3, -0.25) is 0 Å². The lowest BCUT2D eigenvalue weighted by molar-refractivity contribution is 0.0721. The molecule has 0 aromatic carbocycles. The molecule has 3 N–H and O–H groups in total. The van der Waals surface area contributed by atoms with E-state index >= 15 is 0 Å². The molecule has 0 radical (unpaired) electrons. The Bertz CT molecular complexity index is 121. The van der Waals surface area contributed by atoms with Gasteiger partial charge in [0.25, 0.3) is 0 Å². The number of aliphatic hydroxyl groups excluding tert-OH is 1. The van der Waals surface area contributed by atoms with Crippen LogP contribution in [0.3, 0.4) is 0 Å². The zero-order chi connectivity index (χ0) is 10.9. The summed E-state index contributed by atoms with van der Waals surface area (Å²) < 4.78 is 10.4. The first kappa shape index (κ1) is 13.8. The number of aliphatic hydroxyl groups is 1. The Balaban J connectivity index is 3.67. The molecule has 0 saturated carbocycles. The third-order valence-corrected chi connectivity index (χ3v) is 2.21. The highest BCUT2D eigenvalue weighted by atomic mass is 16.5. The summed E-state index contributed by atoms with van der Waals surface area (Å²) in [6, 6.07) is 0. The Morgan fingerprint density at radius 2 is 1.50 bits per heavy atom. The Kier molecular flexibility index (Phi) is 8.08. The zero-order valence-electron chi connectivity index (χ0n) is 9.29. The number of rotatable bonds is 9. The smallest absolute Gasteiger partial charge is 0.0612 e. The van der Waals surface area contributed by atoms with Crippen LogP contribution in [0.4, 0.5) is 0 Å². The van der Waals surface area contributed by atoms with Crippen molar-refractivity contribution in [1.82, 2.24) is 0 Å². The number of hydrogen-bond acceptors (Lipinski definition) is 4. The highest BCUT2D eigenvalue weighted by Crippen LogP contribution is 2.11. The molecular weight excluding hydrogens is 182 g/mol. The van der Waals surface area contributed by atoms with Crippen molar-refractivity contribution in [2.24, 2.45) is 5.73 Å². The van der Waals surface area contributed by atoms with Gasteiger partial charge >= 0.3 is 0 Å². The van der Waals surface area contributed by atoms with E-state index in [4.69, 9.17) is 20.3 Å². The molecule has 4 nitrogen and oxygen atoms in total. The fourth-order valence-electron chi connectivity index (χ4n) is 1.12. The first-order valence-corrected chi connectivity index (χ1v) is 5.23. The molecule has 0 aliphatic rings. The lowest BCUT2D eigenvalue weighted by Crippen LogP contribution is -2.45. The normalized spacial score (nSPS) is 12.0. The van der Waals surface area contributed by atoms with Gasteiger partial charge in [0.15, 0.2) is 0 Å².